The molecule has 1 aromatic rings. The summed E-state index contributed by atoms with van der Waals surface area (Å²) in [5, 5.41) is 0. The number of rotatable bonds is 7. The summed E-state index contributed by atoms with van der Waals surface area (Å²) in [6.45, 7) is 7.56. The molecule has 0 unspecified atom stereocenters. The molecule has 0 amide bonds. The van der Waals surface area contributed by atoms with Gasteiger partial charge in [0.15, 0.2) is 0 Å². The molecule has 4 nitrogen and oxygen atoms in total. The lowest BCUT2D eigenvalue weighted by molar-refractivity contribution is 0.111. The van der Waals surface area contributed by atoms with Crippen LogP contribution in [-0.4, -0.2) is 36.1 Å². The fourth-order valence-corrected chi connectivity index (χ4v) is 1.58. The predicted octanol–water partition coefficient (Wildman–Crippen LogP) is 2.21. The largest absolute Gasteiger partial charge is 0.476 e. The van der Waals surface area contributed by atoms with Crippen molar-refractivity contribution >= 4 is 0 Å². The first-order valence-corrected chi connectivity index (χ1v) is 6.89. The topological polar surface area (TPSA) is 51.4 Å². The molecular weight excluding hydrogens is 238 g/mol. The average Bonchev–Trinajstić information content (AvgIpc) is 2.36. The fourth-order valence-electron chi connectivity index (χ4n) is 1.58. The van der Waals surface area contributed by atoms with Gasteiger partial charge in [0.05, 0.1) is 0 Å². The van der Waals surface area contributed by atoms with Crippen molar-refractivity contribution in [1.82, 2.24) is 9.88 Å². The van der Waals surface area contributed by atoms with Crippen LogP contribution < -0.4 is 10.5 Å². The predicted molar refractivity (Wildman–Crippen MR) is 79.4 cm³/mol. The lowest BCUT2D eigenvalue weighted by Crippen LogP contribution is -2.43. The van der Waals surface area contributed by atoms with Gasteiger partial charge in [0.1, 0.15) is 6.61 Å². The minimum Gasteiger partial charge on any atom is -0.476 e. The van der Waals surface area contributed by atoms with E-state index in [1.165, 1.54) is 0 Å². The van der Waals surface area contributed by atoms with Gasteiger partial charge in [-0.25, -0.2) is 4.98 Å². The Kier molecular flexibility index (Phi) is 5.76. The number of aromatic nitrogens is 1. The van der Waals surface area contributed by atoms with E-state index in [-0.39, 0.29) is 5.54 Å². The highest BCUT2D eigenvalue weighted by atomic mass is 16.5. The maximum atomic E-state index is 5.85. The molecule has 19 heavy (non-hydrogen) atoms. The third kappa shape index (κ3) is 4.80. The lowest BCUT2D eigenvalue weighted by Gasteiger charge is -2.32. The Hall–Kier alpha value is -1.13. The quantitative estimate of drug-likeness (QED) is 0.821. The molecule has 0 spiro atoms. The Morgan fingerprint density at radius 1 is 1.32 bits per heavy atom. The first kappa shape index (κ1) is 15.9. The summed E-state index contributed by atoms with van der Waals surface area (Å²) >= 11 is 0. The molecule has 0 radical (unpaired) electrons. The highest BCUT2D eigenvalue weighted by Crippen LogP contribution is 2.17. The Morgan fingerprint density at radius 2 is 2.00 bits per heavy atom. The molecule has 0 fully saturated rings. The van der Waals surface area contributed by atoms with E-state index in [9.17, 15) is 0 Å². The minimum atomic E-state index is -0.0225. The SMILES string of the molecule is CCCc1cc(CN)cc(OCC(C)(C)N(C)C)n1. The number of aryl methyl sites for hydroxylation is 1. The van der Waals surface area contributed by atoms with Gasteiger partial charge >= 0.3 is 0 Å². The summed E-state index contributed by atoms with van der Waals surface area (Å²) in [5.74, 6) is 0.682. The minimum absolute atomic E-state index is 0.0225. The Morgan fingerprint density at radius 3 is 2.53 bits per heavy atom. The van der Waals surface area contributed by atoms with Gasteiger partial charge in [-0.2, -0.15) is 0 Å². The van der Waals surface area contributed by atoms with Crippen LogP contribution in [0.1, 0.15) is 38.4 Å². The van der Waals surface area contributed by atoms with E-state index in [1.54, 1.807) is 0 Å². The molecule has 0 bridgehead atoms. The van der Waals surface area contributed by atoms with Crippen molar-refractivity contribution in [2.45, 2.75) is 45.7 Å². The molecule has 0 aliphatic heterocycles. The number of pyridine rings is 1. The van der Waals surface area contributed by atoms with Gasteiger partial charge < -0.3 is 15.4 Å². The van der Waals surface area contributed by atoms with Crippen LogP contribution in [0.25, 0.3) is 0 Å². The Bertz CT molecular complexity index is 402. The summed E-state index contributed by atoms with van der Waals surface area (Å²) in [4.78, 5) is 6.68. The summed E-state index contributed by atoms with van der Waals surface area (Å²) in [5.41, 5.74) is 7.84. The van der Waals surface area contributed by atoms with Crippen LogP contribution in [0.3, 0.4) is 0 Å². The maximum absolute atomic E-state index is 5.85. The molecule has 0 aliphatic rings. The standard InChI is InChI=1S/C15H27N3O/c1-6-7-13-8-12(10-16)9-14(17-13)19-11-15(2,3)18(4)5/h8-9H,6-7,10-11,16H2,1-5H3. The van der Waals surface area contributed by atoms with Crippen LogP contribution in [0, 0.1) is 0 Å². The number of nitrogens with two attached hydrogens (primary N) is 1. The van der Waals surface area contributed by atoms with Gasteiger partial charge in [0, 0.05) is 23.8 Å². The second kappa shape index (κ2) is 6.87. The third-order valence-electron chi connectivity index (χ3n) is 3.44. The van der Waals surface area contributed by atoms with Crippen molar-refractivity contribution in [3.63, 3.8) is 0 Å². The second-order valence-corrected chi connectivity index (χ2v) is 5.75. The zero-order valence-corrected chi connectivity index (χ0v) is 12.9. The first-order valence-electron chi connectivity index (χ1n) is 6.89. The molecule has 0 aliphatic carbocycles. The average molecular weight is 265 g/mol. The summed E-state index contributed by atoms with van der Waals surface area (Å²) in [6, 6.07) is 4.00. The zero-order chi connectivity index (χ0) is 14.5. The lowest BCUT2D eigenvalue weighted by atomic mass is 10.1. The van der Waals surface area contributed by atoms with Gasteiger partial charge in [0.2, 0.25) is 5.88 Å². The van der Waals surface area contributed by atoms with Gasteiger partial charge in [-0.15, -0.1) is 0 Å². The van der Waals surface area contributed by atoms with Gasteiger partial charge in [-0.3, -0.25) is 0 Å². The van der Waals surface area contributed by atoms with Crippen molar-refractivity contribution in [3.8, 4) is 5.88 Å². The normalized spacial score (nSPS) is 11.9. The number of hydrogen-bond acceptors (Lipinski definition) is 4. The molecular formula is C15H27N3O. The van der Waals surface area contributed by atoms with Crippen LogP contribution in [-0.2, 0) is 13.0 Å². The molecule has 4 heteroatoms. The molecule has 0 aromatic carbocycles. The highest BCUT2D eigenvalue weighted by Gasteiger charge is 2.21. The number of ether oxygens (including phenoxy) is 1. The first-order chi connectivity index (χ1) is 8.89. The second-order valence-electron chi connectivity index (χ2n) is 5.75. The van der Waals surface area contributed by atoms with E-state index in [4.69, 9.17) is 10.5 Å². The van der Waals surface area contributed by atoms with Crippen molar-refractivity contribution in [1.29, 1.82) is 0 Å². The van der Waals surface area contributed by atoms with Crippen LogP contribution in [0.5, 0.6) is 5.88 Å². The van der Waals surface area contributed by atoms with E-state index in [1.807, 2.05) is 6.07 Å². The Labute approximate surface area is 117 Å². The van der Waals surface area contributed by atoms with Crippen molar-refractivity contribution in [3.05, 3.63) is 23.4 Å². The van der Waals surface area contributed by atoms with Crippen molar-refractivity contribution in [2.75, 3.05) is 20.7 Å². The van der Waals surface area contributed by atoms with Crippen LogP contribution in [0.15, 0.2) is 12.1 Å². The third-order valence-corrected chi connectivity index (χ3v) is 3.44. The van der Waals surface area contributed by atoms with E-state index in [0.29, 0.717) is 19.0 Å². The molecule has 1 rings (SSSR count). The van der Waals surface area contributed by atoms with Crippen molar-refractivity contribution in [2.24, 2.45) is 5.73 Å². The molecule has 0 atom stereocenters. The van der Waals surface area contributed by atoms with Crippen LogP contribution in [0.2, 0.25) is 0 Å². The Balaban J connectivity index is 2.80. The monoisotopic (exact) mass is 265 g/mol. The van der Waals surface area contributed by atoms with Gasteiger partial charge in [-0.1, -0.05) is 13.3 Å². The number of nitrogens with zero attached hydrogens (tertiary/aromatic N) is 2. The number of hydrogen-bond donors (Lipinski definition) is 1. The van der Waals surface area contributed by atoms with Gasteiger partial charge in [0.25, 0.3) is 0 Å². The molecule has 0 saturated carbocycles. The van der Waals surface area contributed by atoms with Crippen LogP contribution in [0.4, 0.5) is 0 Å². The van der Waals surface area contributed by atoms with Gasteiger partial charge in [-0.05, 0) is 46.0 Å². The van der Waals surface area contributed by atoms with E-state index in [0.717, 1.165) is 24.1 Å². The highest BCUT2D eigenvalue weighted by molar-refractivity contribution is 5.25. The zero-order valence-electron chi connectivity index (χ0n) is 12.9. The van der Waals surface area contributed by atoms with Crippen molar-refractivity contribution < 1.29 is 4.74 Å². The molecule has 0 saturated heterocycles. The van der Waals surface area contributed by atoms with E-state index >= 15 is 0 Å². The molecule has 108 valence electrons. The van der Waals surface area contributed by atoms with E-state index < -0.39 is 0 Å². The molecule has 1 heterocycles. The summed E-state index contributed by atoms with van der Waals surface area (Å²) in [7, 11) is 4.10. The maximum Gasteiger partial charge on any atom is 0.213 e. The van der Waals surface area contributed by atoms with E-state index in [2.05, 4.69) is 50.8 Å². The summed E-state index contributed by atoms with van der Waals surface area (Å²) in [6.07, 6.45) is 2.03. The smallest absolute Gasteiger partial charge is 0.213 e. The fraction of sp³-hybridized carbons (Fsp3) is 0.667. The van der Waals surface area contributed by atoms with Crippen LogP contribution >= 0.6 is 0 Å². The molecule has 2 N–H and O–H groups in total. The number of likely N-dealkylation sites (N-methyl/N-ethyl adjacent to an activating group) is 1. The molecule has 1 aromatic heterocycles. The summed E-state index contributed by atoms with van der Waals surface area (Å²) < 4.78 is 5.85.